The number of sulfone groups is 1. The molecule has 1 unspecified atom stereocenters. The van der Waals surface area contributed by atoms with Crippen LogP contribution in [0.25, 0.3) is 0 Å². The molecule has 106 valence electrons. The van der Waals surface area contributed by atoms with Gasteiger partial charge in [0.15, 0.2) is 9.84 Å². The van der Waals surface area contributed by atoms with Crippen molar-refractivity contribution in [3.8, 4) is 0 Å². The number of nitrogens with zero attached hydrogens (tertiary/aromatic N) is 1. The van der Waals surface area contributed by atoms with E-state index in [9.17, 15) is 21.6 Å². The van der Waals surface area contributed by atoms with Gasteiger partial charge in [0.1, 0.15) is 5.82 Å². The van der Waals surface area contributed by atoms with Gasteiger partial charge in [-0.25, -0.2) is 13.4 Å². The van der Waals surface area contributed by atoms with E-state index >= 15 is 0 Å². The minimum Gasteiger partial charge on any atom is -0.366 e. The third kappa shape index (κ3) is 3.59. The predicted molar refractivity (Wildman–Crippen MR) is 67.6 cm³/mol. The molecule has 1 aromatic heterocycles. The van der Waals surface area contributed by atoms with Gasteiger partial charge >= 0.3 is 6.18 Å². The largest absolute Gasteiger partial charge is 0.419 e. The lowest BCUT2D eigenvalue weighted by Gasteiger charge is -2.17. The van der Waals surface area contributed by atoms with E-state index in [1.807, 2.05) is 0 Å². The van der Waals surface area contributed by atoms with Crippen LogP contribution in [0.1, 0.15) is 12.0 Å². The predicted octanol–water partition coefficient (Wildman–Crippen LogP) is 2.46. The maximum atomic E-state index is 12.8. The van der Waals surface area contributed by atoms with Crippen molar-refractivity contribution < 1.29 is 21.6 Å². The summed E-state index contributed by atoms with van der Waals surface area (Å²) in [5, 5.41) is 2.57. The number of anilines is 1. The molecule has 1 aromatic rings. The van der Waals surface area contributed by atoms with Gasteiger partial charge in [0.2, 0.25) is 0 Å². The fourth-order valence-electron chi connectivity index (χ4n) is 1.87. The number of nitrogens with one attached hydrogen (secondary N) is 1. The summed E-state index contributed by atoms with van der Waals surface area (Å²) in [5.74, 6) is -0.511. The molecule has 1 saturated heterocycles. The van der Waals surface area contributed by atoms with Crippen LogP contribution in [-0.4, -0.2) is 30.9 Å². The zero-order chi connectivity index (χ0) is 14.3. The lowest BCUT2D eigenvalue weighted by molar-refractivity contribution is -0.137. The Hall–Kier alpha value is -0.830. The van der Waals surface area contributed by atoms with Crippen molar-refractivity contribution >= 4 is 31.6 Å². The summed E-state index contributed by atoms with van der Waals surface area (Å²) in [5.41, 5.74) is -0.911. The molecule has 0 aliphatic carbocycles. The quantitative estimate of drug-likeness (QED) is 0.882. The molecule has 2 rings (SSSR count). The average Bonchev–Trinajstić information content (AvgIpc) is 2.59. The van der Waals surface area contributed by atoms with E-state index in [2.05, 4.69) is 26.2 Å². The van der Waals surface area contributed by atoms with Crippen molar-refractivity contribution in [3.05, 3.63) is 22.3 Å². The van der Waals surface area contributed by atoms with E-state index in [1.165, 1.54) is 6.20 Å². The molecular weight excluding hydrogens is 349 g/mol. The minimum atomic E-state index is -4.55. The lowest BCUT2D eigenvalue weighted by atomic mass is 10.2. The van der Waals surface area contributed by atoms with Crippen LogP contribution in [0.3, 0.4) is 0 Å². The summed E-state index contributed by atoms with van der Waals surface area (Å²) in [7, 11) is -3.15. The van der Waals surface area contributed by atoms with Crippen molar-refractivity contribution in [2.75, 3.05) is 16.8 Å². The monoisotopic (exact) mass is 358 g/mol. The summed E-state index contributed by atoms with van der Waals surface area (Å²) < 4.78 is 61.3. The standard InChI is InChI=1S/C10H10BrF3N2O2S/c11-6-3-8(10(12,13)14)9(15-4-6)16-7-1-2-19(17,18)5-7/h3-4,7H,1-2,5H2,(H,15,16). The first-order chi connectivity index (χ1) is 8.67. The van der Waals surface area contributed by atoms with Gasteiger partial charge in [0.25, 0.3) is 0 Å². The molecule has 1 atom stereocenters. The van der Waals surface area contributed by atoms with Crippen molar-refractivity contribution in [1.82, 2.24) is 4.98 Å². The van der Waals surface area contributed by atoms with Crippen molar-refractivity contribution in [2.24, 2.45) is 0 Å². The highest BCUT2D eigenvalue weighted by Gasteiger charge is 2.36. The van der Waals surface area contributed by atoms with E-state index in [-0.39, 0.29) is 28.2 Å². The molecule has 2 heterocycles. The van der Waals surface area contributed by atoms with E-state index in [1.54, 1.807) is 0 Å². The molecule has 19 heavy (non-hydrogen) atoms. The first-order valence-corrected chi connectivity index (χ1v) is 7.98. The van der Waals surface area contributed by atoms with Gasteiger partial charge in [0, 0.05) is 16.7 Å². The zero-order valence-corrected chi connectivity index (χ0v) is 11.9. The average molecular weight is 359 g/mol. The number of alkyl halides is 3. The molecule has 9 heteroatoms. The van der Waals surface area contributed by atoms with E-state index in [0.29, 0.717) is 0 Å². The number of rotatable bonds is 2. The first-order valence-electron chi connectivity index (χ1n) is 5.37. The summed E-state index contributed by atoms with van der Waals surface area (Å²) in [4.78, 5) is 3.68. The Morgan fingerprint density at radius 2 is 2.11 bits per heavy atom. The lowest BCUT2D eigenvalue weighted by Crippen LogP contribution is -2.23. The summed E-state index contributed by atoms with van der Waals surface area (Å²) in [6.07, 6.45) is -3.02. The molecule has 1 N–H and O–H groups in total. The Balaban J connectivity index is 2.26. The number of halogens is 4. The number of hydrogen-bond acceptors (Lipinski definition) is 4. The Morgan fingerprint density at radius 1 is 1.42 bits per heavy atom. The normalized spacial score (nSPS) is 22.4. The zero-order valence-electron chi connectivity index (χ0n) is 9.54. The van der Waals surface area contributed by atoms with Crippen LogP contribution in [0.15, 0.2) is 16.7 Å². The second-order valence-electron chi connectivity index (χ2n) is 4.29. The van der Waals surface area contributed by atoms with Gasteiger partial charge in [-0.2, -0.15) is 13.2 Å². The van der Waals surface area contributed by atoms with Gasteiger partial charge in [-0.1, -0.05) is 0 Å². The molecule has 0 spiro atoms. The summed E-state index contributed by atoms with van der Waals surface area (Å²) >= 11 is 2.93. The number of hydrogen-bond donors (Lipinski definition) is 1. The molecule has 0 aromatic carbocycles. The van der Waals surface area contributed by atoms with Gasteiger partial charge < -0.3 is 5.32 Å². The first kappa shape index (κ1) is 14.6. The summed E-state index contributed by atoms with van der Waals surface area (Å²) in [6, 6.07) is 0.387. The molecule has 1 fully saturated rings. The highest BCUT2D eigenvalue weighted by Crippen LogP contribution is 2.35. The van der Waals surface area contributed by atoms with E-state index < -0.39 is 27.6 Å². The van der Waals surface area contributed by atoms with Crippen LogP contribution >= 0.6 is 15.9 Å². The van der Waals surface area contributed by atoms with Gasteiger partial charge in [-0.15, -0.1) is 0 Å². The van der Waals surface area contributed by atoms with Crippen LogP contribution in [0.5, 0.6) is 0 Å². The topological polar surface area (TPSA) is 59.1 Å². The molecular formula is C10H10BrF3N2O2S. The maximum absolute atomic E-state index is 12.8. The van der Waals surface area contributed by atoms with Crippen LogP contribution in [0, 0.1) is 0 Å². The number of pyridine rings is 1. The summed E-state index contributed by atoms with van der Waals surface area (Å²) in [6.45, 7) is 0. The van der Waals surface area contributed by atoms with Gasteiger partial charge in [-0.05, 0) is 28.4 Å². The fourth-order valence-corrected chi connectivity index (χ4v) is 3.88. The molecule has 0 saturated carbocycles. The molecule has 0 bridgehead atoms. The van der Waals surface area contributed by atoms with Crippen LogP contribution in [-0.2, 0) is 16.0 Å². The number of aromatic nitrogens is 1. The van der Waals surface area contributed by atoms with Crippen LogP contribution < -0.4 is 5.32 Å². The molecule has 1 aliphatic heterocycles. The molecule has 4 nitrogen and oxygen atoms in total. The molecule has 0 amide bonds. The Kier molecular flexibility index (Phi) is 3.78. The fraction of sp³-hybridized carbons (Fsp3) is 0.500. The van der Waals surface area contributed by atoms with Crippen LogP contribution in [0.4, 0.5) is 19.0 Å². The second kappa shape index (κ2) is 4.93. The molecule has 1 aliphatic rings. The van der Waals surface area contributed by atoms with Crippen molar-refractivity contribution in [1.29, 1.82) is 0 Å². The maximum Gasteiger partial charge on any atom is 0.419 e. The smallest absolute Gasteiger partial charge is 0.366 e. The van der Waals surface area contributed by atoms with Crippen molar-refractivity contribution in [2.45, 2.75) is 18.6 Å². The highest BCUT2D eigenvalue weighted by atomic mass is 79.9. The minimum absolute atomic E-state index is 0.0114. The second-order valence-corrected chi connectivity index (χ2v) is 7.44. The van der Waals surface area contributed by atoms with E-state index in [4.69, 9.17) is 0 Å². The van der Waals surface area contributed by atoms with Crippen LogP contribution in [0.2, 0.25) is 0 Å². The van der Waals surface area contributed by atoms with Gasteiger partial charge in [0.05, 0.1) is 17.1 Å². The Morgan fingerprint density at radius 3 is 2.63 bits per heavy atom. The van der Waals surface area contributed by atoms with Crippen molar-refractivity contribution in [3.63, 3.8) is 0 Å². The third-order valence-electron chi connectivity index (χ3n) is 2.73. The Labute approximate surface area is 116 Å². The third-order valence-corrected chi connectivity index (χ3v) is 4.93. The SMILES string of the molecule is O=S1(=O)CCC(Nc2ncc(Br)cc2C(F)(F)F)C1. The van der Waals surface area contributed by atoms with Gasteiger partial charge in [-0.3, -0.25) is 0 Å². The van der Waals surface area contributed by atoms with E-state index in [0.717, 1.165) is 6.07 Å². The Bertz CT molecular complexity index is 589. The molecule has 0 radical (unpaired) electrons. The highest BCUT2D eigenvalue weighted by molar-refractivity contribution is 9.10.